The molecule has 2 N–H and O–H groups in total. The molecule has 20 heavy (non-hydrogen) atoms. The largest absolute Gasteiger partial charge is 0.478 e. The maximum atomic E-state index is 13.6. The normalized spacial score (nSPS) is 10.3. The van der Waals surface area contributed by atoms with Crippen molar-refractivity contribution in [3.05, 3.63) is 42.2 Å². The molecule has 106 valence electrons. The summed E-state index contributed by atoms with van der Waals surface area (Å²) < 4.78 is 13.6. The van der Waals surface area contributed by atoms with E-state index in [1.165, 1.54) is 18.2 Å². The van der Waals surface area contributed by atoms with E-state index in [9.17, 15) is 18.8 Å². The molecule has 0 fully saturated rings. The van der Waals surface area contributed by atoms with Gasteiger partial charge in [0.2, 0.25) is 0 Å². The molecule has 0 aliphatic heterocycles. The summed E-state index contributed by atoms with van der Waals surface area (Å²) in [6, 6.07) is 4.79. The highest BCUT2D eigenvalue weighted by atomic mass is 19.1. The molecule has 0 saturated carbocycles. The number of nitrogens with one attached hydrogen (secondary N) is 1. The van der Waals surface area contributed by atoms with Gasteiger partial charge in [0.1, 0.15) is 5.82 Å². The van der Waals surface area contributed by atoms with Crippen LogP contribution in [0, 0.1) is 5.82 Å². The summed E-state index contributed by atoms with van der Waals surface area (Å²) in [6.07, 6.45) is 1.30. The number of hydrogen-bond donors (Lipinski definition) is 2. The molecule has 0 saturated heterocycles. The Morgan fingerprint density at radius 3 is 2.50 bits per heavy atom. The fourth-order valence-corrected chi connectivity index (χ4v) is 1.46. The molecule has 1 aromatic carbocycles. The molecule has 0 spiro atoms. The lowest BCUT2D eigenvalue weighted by atomic mass is 10.3. The number of urea groups is 1. The number of nitrogens with zero attached hydrogens (tertiary/aromatic N) is 1. The number of para-hydroxylation sites is 1. The second-order valence-corrected chi connectivity index (χ2v) is 3.66. The van der Waals surface area contributed by atoms with E-state index >= 15 is 0 Å². The van der Waals surface area contributed by atoms with Gasteiger partial charge in [-0.05, 0) is 19.1 Å². The molecule has 3 amide bonds. The average Bonchev–Trinajstić information content (AvgIpc) is 2.39. The smallest absolute Gasteiger partial charge is 0.328 e. The highest BCUT2D eigenvalue weighted by Crippen LogP contribution is 2.18. The lowest BCUT2D eigenvalue weighted by Gasteiger charge is -2.21. The second kappa shape index (κ2) is 7.03. The third-order valence-electron chi connectivity index (χ3n) is 2.31. The Bertz CT molecular complexity index is 557. The molecule has 0 atom stereocenters. The van der Waals surface area contributed by atoms with E-state index in [1.807, 2.05) is 5.32 Å². The number of halogens is 1. The Hall–Kier alpha value is -2.70. The molecule has 7 heteroatoms. The Morgan fingerprint density at radius 2 is 1.95 bits per heavy atom. The minimum Gasteiger partial charge on any atom is -0.478 e. The Balaban J connectivity index is 2.81. The van der Waals surface area contributed by atoms with Crippen molar-refractivity contribution >= 4 is 23.6 Å². The van der Waals surface area contributed by atoms with Gasteiger partial charge in [-0.2, -0.15) is 0 Å². The van der Waals surface area contributed by atoms with Crippen LogP contribution in [0.15, 0.2) is 36.4 Å². The first-order chi connectivity index (χ1) is 9.45. The fourth-order valence-electron chi connectivity index (χ4n) is 1.46. The van der Waals surface area contributed by atoms with Gasteiger partial charge in [0, 0.05) is 18.7 Å². The number of carboxylic acids is 1. The van der Waals surface area contributed by atoms with E-state index in [1.54, 1.807) is 13.0 Å². The van der Waals surface area contributed by atoms with Crippen molar-refractivity contribution in [2.75, 3.05) is 11.4 Å². The average molecular weight is 280 g/mol. The highest BCUT2D eigenvalue weighted by Gasteiger charge is 2.18. The van der Waals surface area contributed by atoms with Crippen molar-refractivity contribution in [1.29, 1.82) is 0 Å². The summed E-state index contributed by atoms with van der Waals surface area (Å²) in [7, 11) is 0. The van der Waals surface area contributed by atoms with Crippen molar-refractivity contribution in [3.8, 4) is 0 Å². The van der Waals surface area contributed by atoms with Crippen molar-refractivity contribution in [2.24, 2.45) is 0 Å². The lowest BCUT2D eigenvalue weighted by Crippen LogP contribution is -2.42. The molecule has 6 nitrogen and oxygen atoms in total. The van der Waals surface area contributed by atoms with Crippen LogP contribution in [-0.2, 0) is 9.59 Å². The van der Waals surface area contributed by atoms with Gasteiger partial charge < -0.3 is 5.11 Å². The molecular weight excluding hydrogens is 267 g/mol. The topological polar surface area (TPSA) is 86.7 Å². The van der Waals surface area contributed by atoms with E-state index < -0.39 is 23.7 Å². The van der Waals surface area contributed by atoms with Crippen LogP contribution in [0.4, 0.5) is 14.9 Å². The van der Waals surface area contributed by atoms with Gasteiger partial charge in [-0.3, -0.25) is 15.0 Å². The number of carbonyl (C=O) groups excluding carboxylic acids is 2. The minimum absolute atomic E-state index is 0.0301. The Morgan fingerprint density at radius 1 is 1.30 bits per heavy atom. The van der Waals surface area contributed by atoms with Crippen LogP contribution in [0.1, 0.15) is 6.92 Å². The minimum atomic E-state index is -1.31. The summed E-state index contributed by atoms with van der Waals surface area (Å²) in [5.74, 6) is -2.81. The lowest BCUT2D eigenvalue weighted by molar-refractivity contribution is -0.131. The predicted octanol–water partition coefficient (Wildman–Crippen LogP) is 1.53. The van der Waals surface area contributed by atoms with Crippen LogP contribution in [0.25, 0.3) is 0 Å². The molecule has 0 aliphatic rings. The van der Waals surface area contributed by atoms with E-state index in [2.05, 4.69) is 0 Å². The first-order valence-corrected chi connectivity index (χ1v) is 5.73. The standard InChI is InChI=1S/C13H13FN2O4/c1-2-16(10-6-4-3-5-9(10)14)13(20)15-11(17)7-8-12(18)19/h3-8H,2H2,1H3,(H,18,19)(H,15,17,20). The van der Waals surface area contributed by atoms with Crippen LogP contribution >= 0.6 is 0 Å². The van der Waals surface area contributed by atoms with Crippen molar-refractivity contribution < 1.29 is 23.9 Å². The third-order valence-corrected chi connectivity index (χ3v) is 2.31. The number of imide groups is 1. The van der Waals surface area contributed by atoms with E-state index in [-0.39, 0.29) is 12.2 Å². The van der Waals surface area contributed by atoms with Gasteiger partial charge in [-0.25, -0.2) is 14.0 Å². The zero-order valence-corrected chi connectivity index (χ0v) is 10.7. The highest BCUT2D eigenvalue weighted by molar-refractivity contribution is 6.07. The number of anilines is 1. The summed E-state index contributed by atoms with van der Waals surface area (Å²) in [5, 5.41) is 10.3. The summed E-state index contributed by atoms with van der Waals surface area (Å²) in [6.45, 7) is 1.76. The van der Waals surface area contributed by atoms with Crippen LogP contribution < -0.4 is 10.2 Å². The number of benzene rings is 1. The first-order valence-electron chi connectivity index (χ1n) is 5.73. The van der Waals surface area contributed by atoms with Gasteiger partial charge in [0.15, 0.2) is 0 Å². The number of carbonyl (C=O) groups is 3. The van der Waals surface area contributed by atoms with Crippen LogP contribution in [0.5, 0.6) is 0 Å². The van der Waals surface area contributed by atoms with Crippen LogP contribution in [0.2, 0.25) is 0 Å². The molecule has 0 radical (unpaired) electrons. The number of carboxylic acid groups (broad SMARTS) is 1. The van der Waals surface area contributed by atoms with Crippen molar-refractivity contribution in [1.82, 2.24) is 5.32 Å². The van der Waals surface area contributed by atoms with Crippen molar-refractivity contribution in [3.63, 3.8) is 0 Å². The quantitative estimate of drug-likeness (QED) is 0.819. The Labute approximate surface area is 114 Å². The van der Waals surface area contributed by atoms with Gasteiger partial charge in [0.05, 0.1) is 5.69 Å². The molecule has 0 unspecified atom stereocenters. The zero-order valence-electron chi connectivity index (χ0n) is 10.7. The van der Waals surface area contributed by atoms with E-state index in [4.69, 9.17) is 5.11 Å². The predicted molar refractivity (Wildman–Crippen MR) is 69.7 cm³/mol. The molecular formula is C13H13FN2O4. The van der Waals surface area contributed by atoms with Gasteiger partial charge in [-0.1, -0.05) is 12.1 Å². The number of rotatable bonds is 4. The van der Waals surface area contributed by atoms with Gasteiger partial charge in [-0.15, -0.1) is 0 Å². The summed E-state index contributed by atoms with van der Waals surface area (Å²) >= 11 is 0. The number of amides is 3. The number of aliphatic carboxylic acids is 1. The third kappa shape index (κ3) is 4.20. The Kier molecular flexibility index (Phi) is 5.40. The zero-order chi connectivity index (χ0) is 15.1. The maximum Gasteiger partial charge on any atom is 0.328 e. The maximum absolute atomic E-state index is 13.6. The second-order valence-electron chi connectivity index (χ2n) is 3.66. The van der Waals surface area contributed by atoms with E-state index in [0.717, 1.165) is 4.90 Å². The number of hydrogen-bond acceptors (Lipinski definition) is 3. The first kappa shape index (κ1) is 15.4. The van der Waals surface area contributed by atoms with E-state index in [0.29, 0.717) is 12.2 Å². The summed E-state index contributed by atoms with van der Waals surface area (Å²) in [4.78, 5) is 34.4. The molecule has 0 aromatic heterocycles. The summed E-state index contributed by atoms with van der Waals surface area (Å²) in [5.41, 5.74) is 0.0301. The molecule has 0 aliphatic carbocycles. The van der Waals surface area contributed by atoms with Gasteiger partial charge in [0.25, 0.3) is 5.91 Å². The fraction of sp³-hybridized carbons (Fsp3) is 0.154. The molecule has 0 bridgehead atoms. The molecule has 1 aromatic rings. The molecule has 1 rings (SSSR count). The van der Waals surface area contributed by atoms with Gasteiger partial charge >= 0.3 is 12.0 Å². The van der Waals surface area contributed by atoms with Crippen LogP contribution in [0.3, 0.4) is 0 Å². The monoisotopic (exact) mass is 280 g/mol. The van der Waals surface area contributed by atoms with Crippen molar-refractivity contribution in [2.45, 2.75) is 6.92 Å². The molecule has 0 heterocycles. The van der Waals surface area contributed by atoms with Crippen LogP contribution in [-0.4, -0.2) is 29.6 Å². The SMILES string of the molecule is CCN(C(=O)NC(=O)C=CC(=O)O)c1ccccc1F.